The molecule has 0 saturated carbocycles. The molecule has 0 aromatic heterocycles. The van der Waals surface area contributed by atoms with Gasteiger partial charge < -0.3 is 0 Å². The number of aryl methyl sites for hydroxylation is 1. The van der Waals surface area contributed by atoms with Crippen molar-refractivity contribution in [1.29, 1.82) is 0 Å². The summed E-state index contributed by atoms with van der Waals surface area (Å²) in [5.74, 6) is 0.150. The quantitative estimate of drug-likeness (QED) is 0.679. The first-order chi connectivity index (χ1) is 9.24. The van der Waals surface area contributed by atoms with Crippen LogP contribution in [0, 0.1) is 5.82 Å². The maximum Gasteiger partial charge on any atom is 0.123 e. The zero-order valence-corrected chi connectivity index (χ0v) is 11.7. The highest BCUT2D eigenvalue weighted by atomic mass is 19.1. The molecule has 0 aliphatic carbocycles. The van der Waals surface area contributed by atoms with Crippen molar-refractivity contribution in [3.8, 4) is 0 Å². The number of halogens is 1. The van der Waals surface area contributed by atoms with Gasteiger partial charge in [0, 0.05) is 5.92 Å². The van der Waals surface area contributed by atoms with E-state index >= 15 is 0 Å². The van der Waals surface area contributed by atoms with Gasteiger partial charge in [-0.3, -0.25) is 0 Å². The summed E-state index contributed by atoms with van der Waals surface area (Å²) in [7, 11) is 0. The molecule has 1 atom stereocenters. The lowest BCUT2D eigenvalue weighted by Crippen LogP contribution is -2.02. The zero-order valence-electron chi connectivity index (χ0n) is 11.7. The van der Waals surface area contributed by atoms with Crippen molar-refractivity contribution in [2.45, 2.75) is 39.0 Å². The van der Waals surface area contributed by atoms with Crippen molar-refractivity contribution in [2.24, 2.45) is 0 Å². The Morgan fingerprint density at radius 3 is 2.26 bits per heavy atom. The fraction of sp³-hybridized carbons (Fsp3) is 0.333. The molecule has 2 aromatic rings. The summed E-state index contributed by atoms with van der Waals surface area (Å²) in [6.45, 7) is 4.34. The van der Waals surface area contributed by atoms with E-state index in [2.05, 4.69) is 38.1 Å². The Morgan fingerprint density at radius 1 is 0.947 bits per heavy atom. The summed E-state index contributed by atoms with van der Waals surface area (Å²) in [6.07, 6.45) is 3.18. The molecular formula is C18H21F. The van der Waals surface area contributed by atoms with E-state index in [9.17, 15) is 4.39 Å². The first kappa shape index (κ1) is 13.8. The van der Waals surface area contributed by atoms with Crippen LogP contribution in [-0.4, -0.2) is 0 Å². The predicted molar refractivity (Wildman–Crippen MR) is 79.0 cm³/mol. The van der Waals surface area contributed by atoms with Crippen molar-refractivity contribution in [3.63, 3.8) is 0 Å². The molecule has 2 aromatic carbocycles. The van der Waals surface area contributed by atoms with Crippen molar-refractivity contribution >= 4 is 0 Å². The summed E-state index contributed by atoms with van der Waals surface area (Å²) >= 11 is 0. The molecule has 0 N–H and O–H groups in total. The van der Waals surface area contributed by atoms with Crippen LogP contribution >= 0.6 is 0 Å². The van der Waals surface area contributed by atoms with Gasteiger partial charge in [-0.25, -0.2) is 4.39 Å². The summed E-state index contributed by atoms with van der Waals surface area (Å²) in [4.78, 5) is 0. The second kappa shape index (κ2) is 6.51. The highest BCUT2D eigenvalue weighted by Crippen LogP contribution is 2.30. The minimum absolute atomic E-state index is 0.148. The molecule has 0 radical (unpaired) electrons. The van der Waals surface area contributed by atoms with Crippen LogP contribution in [0.15, 0.2) is 48.5 Å². The summed E-state index contributed by atoms with van der Waals surface area (Å²) < 4.78 is 13.4. The van der Waals surface area contributed by atoms with Gasteiger partial charge in [0.15, 0.2) is 0 Å². The Morgan fingerprint density at radius 2 is 1.63 bits per heavy atom. The van der Waals surface area contributed by atoms with Crippen molar-refractivity contribution in [3.05, 3.63) is 71.0 Å². The van der Waals surface area contributed by atoms with E-state index in [1.54, 1.807) is 12.1 Å². The molecule has 0 bridgehead atoms. The van der Waals surface area contributed by atoms with Gasteiger partial charge in [-0.1, -0.05) is 56.7 Å². The normalized spacial score (nSPS) is 12.4. The van der Waals surface area contributed by atoms with Crippen LogP contribution < -0.4 is 0 Å². The molecule has 0 amide bonds. The fourth-order valence-electron chi connectivity index (χ4n) is 2.57. The SMILES string of the molecule is CCCC(c1cccc(F)c1)c1cccc(CC)c1. The highest BCUT2D eigenvalue weighted by Gasteiger charge is 2.14. The molecule has 1 unspecified atom stereocenters. The monoisotopic (exact) mass is 256 g/mol. The lowest BCUT2D eigenvalue weighted by molar-refractivity contribution is 0.618. The minimum atomic E-state index is -0.148. The van der Waals surface area contributed by atoms with Crippen molar-refractivity contribution in [1.82, 2.24) is 0 Å². The predicted octanol–water partition coefficient (Wildman–Crippen LogP) is 5.32. The van der Waals surface area contributed by atoms with E-state index in [1.807, 2.05) is 6.07 Å². The average Bonchev–Trinajstić information content (AvgIpc) is 2.45. The van der Waals surface area contributed by atoms with E-state index in [0.29, 0.717) is 5.92 Å². The number of rotatable bonds is 5. The van der Waals surface area contributed by atoms with Crippen LogP contribution in [0.1, 0.15) is 49.3 Å². The average molecular weight is 256 g/mol. The second-order valence-electron chi connectivity index (χ2n) is 4.99. The molecule has 100 valence electrons. The standard InChI is InChI=1S/C18H21F/c1-3-7-18(16-10-6-11-17(19)13-16)15-9-5-8-14(4-2)12-15/h5-6,8-13,18H,3-4,7H2,1-2H3. The molecule has 1 heteroatoms. The summed E-state index contributed by atoms with van der Waals surface area (Å²) in [5, 5.41) is 0. The maximum atomic E-state index is 13.4. The van der Waals surface area contributed by atoms with Crippen LogP contribution in [0.2, 0.25) is 0 Å². The Bertz CT molecular complexity index is 531. The van der Waals surface area contributed by atoms with Crippen LogP contribution in [0.3, 0.4) is 0 Å². The molecular weight excluding hydrogens is 235 g/mol. The molecule has 19 heavy (non-hydrogen) atoms. The van der Waals surface area contributed by atoms with E-state index in [1.165, 1.54) is 17.2 Å². The van der Waals surface area contributed by atoms with E-state index in [-0.39, 0.29) is 5.82 Å². The lowest BCUT2D eigenvalue weighted by Gasteiger charge is -2.18. The molecule has 0 fully saturated rings. The molecule has 0 nitrogen and oxygen atoms in total. The fourth-order valence-corrected chi connectivity index (χ4v) is 2.57. The van der Waals surface area contributed by atoms with Gasteiger partial charge >= 0.3 is 0 Å². The summed E-state index contributed by atoms with van der Waals surface area (Å²) in [6, 6.07) is 15.7. The first-order valence-corrected chi connectivity index (χ1v) is 7.09. The van der Waals surface area contributed by atoms with Crippen molar-refractivity contribution < 1.29 is 4.39 Å². The zero-order chi connectivity index (χ0) is 13.7. The van der Waals surface area contributed by atoms with Gasteiger partial charge in [-0.05, 0) is 41.7 Å². The van der Waals surface area contributed by atoms with Crippen LogP contribution in [0.25, 0.3) is 0 Å². The smallest absolute Gasteiger partial charge is 0.123 e. The van der Waals surface area contributed by atoms with Gasteiger partial charge in [0.25, 0.3) is 0 Å². The number of hydrogen-bond donors (Lipinski definition) is 0. The first-order valence-electron chi connectivity index (χ1n) is 7.09. The summed E-state index contributed by atoms with van der Waals surface area (Å²) in [5.41, 5.74) is 3.72. The van der Waals surface area contributed by atoms with Crippen LogP contribution in [-0.2, 0) is 6.42 Å². The Labute approximate surface area is 115 Å². The van der Waals surface area contributed by atoms with Crippen LogP contribution in [0.4, 0.5) is 4.39 Å². The third kappa shape index (κ3) is 3.44. The van der Waals surface area contributed by atoms with Gasteiger partial charge in [0.2, 0.25) is 0 Å². The van der Waals surface area contributed by atoms with Crippen LogP contribution in [0.5, 0.6) is 0 Å². The van der Waals surface area contributed by atoms with Gasteiger partial charge in [0.05, 0.1) is 0 Å². The number of hydrogen-bond acceptors (Lipinski definition) is 0. The van der Waals surface area contributed by atoms with E-state index in [0.717, 1.165) is 24.8 Å². The minimum Gasteiger partial charge on any atom is -0.207 e. The second-order valence-corrected chi connectivity index (χ2v) is 4.99. The highest BCUT2D eigenvalue weighted by molar-refractivity contribution is 5.35. The van der Waals surface area contributed by atoms with E-state index in [4.69, 9.17) is 0 Å². The number of benzene rings is 2. The molecule has 0 spiro atoms. The van der Waals surface area contributed by atoms with Gasteiger partial charge in [-0.2, -0.15) is 0 Å². The Balaban J connectivity index is 2.38. The molecule has 0 heterocycles. The topological polar surface area (TPSA) is 0 Å². The largest absolute Gasteiger partial charge is 0.207 e. The van der Waals surface area contributed by atoms with Gasteiger partial charge in [0.1, 0.15) is 5.82 Å². The Kier molecular flexibility index (Phi) is 4.73. The molecule has 0 saturated heterocycles. The molecule has 0 aliphatic rings. The molecule has 0 aliphatic heterocycles. The third-order valence-electron chi connectivity index (χ3n) is 3.59. The van der Waals surface area contributed by atoms with Gasteiger partial charge in [-0.15, -0.1) is 0 Å². The Hall–Kier alpha value is -1.63. The molecule has 2 rings (SSSR count). The lowest BCUT2D eigenvalue weighted by atomic mass is 9.87. The third-order valence-corrected chi connectivity index (χ3v) is 3.59. The van der Waals surface area contributed by atoms with E-state index < -0.39 is 0 Å². The maximum absolute atomic E-state index is 13.4. The van der Waals surface area contributed by atoms with Crippen molar-refractivity contribution in [2.75, 3.05) is 0 Å².